The molecule has 0 aliphatic rings. The van der Waals surface area contributed by atoms with Crippen molar-refractivity contribution < 1.29 is 18.5 Å². The number of hydrogen-bond donors (Lipinski definition) is 1. The van der Waals surface area contributed by atoms with Crippen LogP contribution in [0.15, 0.2) is 42.7 Å². The fraction of sp³-hybridized carbons (Fsp3) is 0.111. The topological polar surface area (TPSA) is 55.8 Å². The second kappa shape index (κ2) is 4.84. The van der Waals surface area contributed by atoms with Crippen LogP contribution in [0.4, 0.5) is 0 Å². The second-order valence-corrected chi connectivity index (χ2v) is 3.78. The molecule has 4 nitrogen and oxygen atoms in total. The van der Waals surface area contributed by atoms with Gasteiger partial charge in [-0.05, 0) is 19.1 Å². The molecule has 14 heavy (non-hydrogen) atoms. The number of para-hydroxylation sites is 1. The van der Waals surface area contributed by atoms with Crippen LogP contribution in [0.1, 0.15) is 6.92 Å². The third-order valence-electron chi connectivity index (χ3n) is 1.29. The highest BCUT2D eigenvalue weighted by Crippen LogP contribution is 2.43. The lowest BCUT2D eigenvalue weighted by Crippen LogP contribution is -1.92. The van der Waals surface area contributed by atoms with E-state index in [1.807, 2.05) is 0 Å². The van der Waals surface area contributed by atoms with Gasteiger partial charge in [-0.25, -0.2) is 4.57 Å². The van der Waals surface area contributed by atoms with Crippen molar-refractivity contribution in [1.82, 2.24) is 0 Å². The first-order valence-electron chi connectivity index (χ1n) is 4.01. The molecule has 0 spiro atoms. The number of phosphoric acid groups is 1. The zero-order valence-corrected chi connectivity index (χ0v) is 8.56. The first kappa shape index (κ1) is 10.8. The minimum Gasteiger partial charge on any atom is -0.404 e. The Morgan fingerprint density at radius 3 is 2.57 bits per heavy atom. The molecule has 1 rings (SSSR count). The Hall–Kier alpha value is -1.25. The predicted molar refractivity (Wildman–Crippen MR) is 52.8 cm³/mol. The maximum Gasteiger partial charge on any atom is 0.584 e. The maximum absolute atomic E-state index is 11.2. The molecule has 0 aliphatic carbocycles. The predicted octanol–water partition coefficient (Wildman–Crippen LogP) is 2.72. The standard InChI is InChI=1S/C9H11O4P/c1-2-8-12-14(10,11)13-9-6-4-3-5-7-9/h2-8H,1H3,(H,10,11). The molecule has 0 bridgehead atoms. The molecule has 1 aromatic carbocycles. The van der Waals surface area contributed by atoms with Crippen LogP contribution in [-0.2, 0) is 9.09 Å². The van der Waals surface area contributed by atoms with Crippen molar-refractivity contribution in [3.05, 3.63) is 42.7 Å². The van der Waals surface area contributed by atoms with E-state index in [1.165, 1.54) is 6.08 Å². The summed E-state index contributed by atoms with van der Waals surface area (Å²) in [6.45, 7) is 1.67. The van der Waals surface area contributed by atoms with Gasteiger partial charge in [0.05, 0.1) is 6.26 Å². The number of rotatable bonds is 4. The van der Waals surface area contributed by atoms with Gasteiger partial charge in [0, 0.05) is 0 Å². The zero-order chi connectivity index (χ0) is 10.4. The van der Waals surface area contributed by atoms with Crippen LogP contribution in [0.25, 0.3) is 0 Å². The average molecular weight is 214 g/mol. The van der Waals surface area contributed by atoms with Gasteiger partial charge in [0.1, 0.15) is 5.75 Å². The summed E-state index contributed by atoms with van der Waals surface area (Å²) in [6.07, 6.45) is 2.61. The lowest BCUT2D eigenvalue weighted by atomic mass is 10.3. The minimum atomic E-state index is -4.02. The third kappa shape index (κ3) is 3.64. The Bertz CT molecular complexity index is 347. The highest BCUT2D eigenvalue weighted by molar-refractivity contribution is 7.47. The van der Waals surface area contributed by atoms with Crippen LogP contribution in [0.5, 0.6) is 5.75 Å². The van der Waals surface area contributed by atoms with Crippen molar-refractivity contribution in [2.24, 2.45) is 0 Å². The van der Waals surface area contributed by atoms with Gasteiger partial charge in [0.15, 0.2) is 0 Å². The van der Waals surface area contributed by atoms with E-state index in [1.54, 1.807) is 37.3 Å². The molecule has 0 fully saturated rings. The van der Waals surface area contributed by atoms with E-state index < -0.39 is 7.82 Å². The van der Waals surface area contributed by atoms with Crippen LogP contribution >= 0.6 is 7.82 Å². The largest absolute Gasteiger partial charge is 0.584 e. The summed E-state index contributed by atoms with van der Waals surface area (Å²) in [4.78, 5) is 9.16. The highest BCUT2D eigenvalue weighted by Gasteiger charge is 2.22. The van der Waals surface area contributed by atoms with Crippen molar-refractivity contribution in [3.63, 3.8) is 0 Å². The van der Waals surface area contributed by atoms with Crippen molar-refractivity contribution in [3.8, 4) is 5.75 Å². The molecule has 0 amide bonds. The Labute approximate surface area is 82.4 Å². The zero-order valence-electron chi connectivity index (χ0n) is 7.66. The van der Waals surface area contributed by atoms with E-state index in [2.05, 4.69) is 4.52 Å². The first-order chi connectivity index (χ1) is 6.64. The van der Waals surface area contributed by atoms with Gasteiger partial charge in [-0.3, -0.25) is 4.89 Å². The van der Waals surface area contributed by atoms with Crippen molar-refractivity contribution in [2.45, 2.75) is 6.92 Å². The summed E-state index contributed by atoms with van der Waals surface area (Å²) in [5.74, 6) is 0.294. The highest BCUT2D eigenvalue weighted by atomic mass is 31.2. The quantitative estimate of drug-likeness (QED) is 0.618. The van der Waals surface area contributed by atoms with Crippen molar-refractivity contribution in [2.75, 3.05) is 0 Å². The summed E-state index contributed by atoms with van der Waals surface area (Å²) in [7, 11) is -4.02. The number of benzene rings is 1. The van der Waals surface area contributed by atoms with Gasteiger partial charge in [-0.15, -0.1) is 0 Å². The van der Waals surface area contributed by atoms with Crippen molar-refractivity contribution >= 4 is 7.82 Å². The van der Waals surface area contributed by atoms with Gasteiger partial charge in [0.25, 0.3) is 0 Å². The van der Waals surface area contributed by atoms with E-state index >= 15 is 0 Å². The van der Waals surface area contributed by atoms with Gasteiger partial charge >= 0.3 is 7.82 Å². The second-order valence-electron chi connectivity index (χ2n) is 2.45. The number of hydrogen-bond acceptors (Lipinski definition) is 3. The smallest absolute Gasteiger partial charge is 0.404 e. The van der Waals surface area contributed by atoms with Gasteiger partial charge < -0.3 is 9.05 Å². The van der Waals surface area contributed by atoms with E-state index in [9.17, 15) is 4.57 Å². The lowest BCUT2D eigenvalue weighted by Gasteiger charge is -2.10. The molecular weight excluding hydrogens is 203 g/mol. The number of phosphoric ester groups is 1. The molecule has 0 saturated heterocycles. The first-order valence-corrected chi connectivity index (χ1v) is 5.50. The monoisotopic (exact) mass is 214 g/mol. The molecule has 1 atom stereocenters. The molecule has 0 aliphatic heterocycles. The van der Waals surface area contributed by atoms with Gasteiger partial charge in [-0.1, -0.05) is 24.3 Å². The Morgan fingerprint density at radius 1 is 1.36 bits per heavy atom. The van der Waals surface area contributed by atoms with Crippen LogP contribution in [-0.4, -0.2) is 4.89 Å². The van der Waals surface area contributed by atoms with Crippen LogP contribution in [0.2, 0.25) is 0 Å². The average Bonchev–Trinajstić information content (AvgIpc) is 2.16. The van der Waals surface area contributed by atoms with E-state index in [0.717, 1.165) is 6.26 Å². The molecule has 0 radical (unpaired) electrons. The minimum absolute atomic E-state index is 0.294. The van der Waals surface area contributed by atoms with Crippen LogP contribution in [0, 0.1) is 0 Å². The third-order valence-corrected chi connectivity index (χ3v) is 2.12. The van der Waals surface area contributed by atoms with E-state index in [-0.39, 0.29) is 0 Å². The molecule has 1 aromatic rings. The number of allylic oxidation sites excluding steroid dienone is 1. The molecule has 0 aromatic heterocycles. The fourth-order valence-electron chi connectivity index (χ4n) is 0.774. The molecule has 0 heterocycles. The Morgan fingerprint density at radius 2 is 2.00 bits per heavy atom. The SMILES string of the molecule is CC=COP(=O)(O)Oc1ccccc1. The van der Waals surface area contributed by atoms with E-state index in [4.69, 9.17) is 9.42 Å². The molecule has 76 valence electrons. The summed E-state index contributed by atoms with van der Waals surface area (Å²) in [6, 6.07) is 8.32. The Kier molecular flexibility index (Phi) is 3.74. The summed E-state index contributed by atoms with van der Waals surface area (Å²) in [5, 5.41) is 0. The van der Waals surface area contributed by atoms with Gasteiger partial charge in [-0.2, -0.15) is 0 Å². The van der Waals surface area contributed by atoms with Crippen LogP contribution < -0.4 is 4.52 Å². The Balaban J connectivity index is 2.64. The molecular formula is C9H11O4P. The fourth-order valence-corrected chi connectivity index (χ4v) is 1.48. The normalized spacial score (nSPS) is 15.0. The molecule has 0 saturated carbocycles. The molecule has 1 N–H and O–H groups in total. The molecule has 5 heteroatoms. The lowest BCUT2D eigenvalue weighted by molar-refractivity contribution is 0.266. The summed E-state index contributed by atoms with van der Waals surface area (Å²) < 4.78 is 20.4. The van der Waals surface area contributed by atoms with Crippen LogP contribution in [0.3, 0.4) is 0 Å². The van der Waals surface area contributed by atoms with E-state index in [0.29, 0.717) is 5.75 Å². The van der Waals surface area contributed by atoms with Crippen molar-refractivity contribution in [1.29, 1.82) is 0 Å². The summed E-state index contributed by atoms with van der Waals surface area (Å²) >= 11 is 0. The maximum atomic E-state index is 11.2. The molecule has 1 unspecified atom stereocenters. The summed E-state index contributed by atoms with van der Waals surface area (Å²) in [5.41, 5.74) is 0. The van der Waals surface area contributed by atoms with Gasteiger partial charge in [0.2, 0.25) is 0 Å².